The number of carbonyl (C=O) groups excluding carboxylic acids is 2. The molecule has 190 valence electrons. The Kier molecular flexibility index (Phi) is 7.09. The third kappa shape index (κ3) is 5.67. The van der Waals surface area contributed by atoms with Crippen molar-refractivity contribution in [2.24, 2.45) is 0 Å². The quantitative estimate of drug-likeness (QED) is 0.152. The molecule has 0 atom stereocenters. The fourth-order valence-corrected chi connectivity index (χ4v) is 5.89. The third-order valence-electron chi connectivity index (χ3n) is 5.13. The van der Waals surface area contributed by atoms with E-state index in [0.29, 0.717) is 10.6 Å². The van der Waals surface area contributed by atoms with Crippen LogP contribution in [0.4, 0.5) is 20.2 Å². The first kappa shape index (κ1) is 26.0. The molecule has 0 aromatic heterocycles. The summed E-state index contributed by atoms with van der Waals surface area (Å²) in [6.07, 6.45) is 1.35. The number of hydrogen-bond donors (Lipinski definition) is 1. The number of nitro benzene ring substituents is 1. The van der Waals surface area contributed by atoms with Crippen LogP contribution in [-0.4, -0.2) is 25.2 Å². The fourth-order valence-electron chi connectivity index (χ4n) is 3.43. The van der Waals surface area contributed by atoms with Crippen LogP contribution >= 0.6 is 11.8 Å². The molecule has 0 unspecified atom stereocenters. The highest BCUT2D eigenvalue weighted by molar-refractivity contribution is 8.04. The minimum atomic E-state index is -4.15. The first-order valence-corrected chi connectivity index (χ1v) is 12.9. The first-order valence-electron chi connectivity index (χ1n) is 10.4. The van der Waals surface area contributed by atoms with E-state index in [2.05, 4.69) is 5.32 Å². The number of nitrogens with one attached hydrogen (secondary N) is 1. The van der Waals surface area contributed by atoms with E-state index in [1.807, 2.05) is 0 Å². The Morgan fingerprint density at radius 1 is 1.14 bits per heavy atom. The van der Waals surface area contributed by atoms with Gasteiger partial charge in [-0.1, -0.05) is 23.9 Å². The second-order valence-corrected chi connectivity index (χ2v) is 10.8. The Hall–Kier alpha value is -4.10. The van der Waals surface area contributed by atoms with Crippen molar-refractivity contribution in [1.29, 1.82) is 0 Å². The molecule has 9 nitrogen and oxygen atoms in total. The average Bonchev–Trinajstić information content (AvgIpc) is 2.82. The number of rotatable bonds is 6. The monoisotopic (exact) mass is 546 g/mol. The molecule has 1 N–H and O–H groups in total. The maximum absolute atomic E-state index is 14.0. The highest BCUT2D eigenvalue weighted by atomic mass is 32.2. The maximum atomic E-state index is 14.0. The van der Waals surface area contributed by atoms with Crippen molar-refractivity contribution >= 4 is 50.9 Å². The summed E-state index contributed by atoms with van der Waals surface area (Å²) >= 11 is 0.913. The zero-order chi connectivity index (χ0) is 26.9. The van der Waals surface area contributed by atoms with Crippen LogP contribution in [0.5, 0.6) is 5.75 Å². The molecule has 0 fully saturated rings. The number of sulfone groups is 1. The summed E-state index contributed by atoms with van der Waals surface area (Å²) in [5.41, 5.74) is -0.498. The van der Waals surface area contributed by atoms with Crippen LogP contribution in [0.15, 0.2) is 69.3 Å². The van der Waals surface area contributed by atoms with E-state index < -0.39 is 55.3 Å². The number of nitrogens with zero attached hydrogens (tertiary/aromatic N) is 1. The highest BCUT2D eigenvalue weighted by Crippen LogP contribution is 2.41. The number of carbonyl (C=O) groups is 2. The lowest BCUT2D eigenvalue weighted by Crippen LogP contribution is -2.18. The van der Waals surface area contributed by atoms with Crippen molar-refractivity contribution in [3.63, 3.8) is 0 Å². The standard InChI is InChI=1S/C24H16F2N2O7S2/c1-13(29)35-21-8-5-14(9-20(21)28(31)32)10-23-24(30)27-19-7-6-15(11-22(19)36-23)37(33,34)12-16-17(25)3-2-4-18(16)26/h2-11H,12H2,1H3,(H,27,30)/b23-10-. The second kappa shape index (κ2) is 10.1. The lowest BCUT2D eigenvalue weighted by Gasteiger charge is -2.19. The Labute approximate surface area is 213 Å². The summed E-state index contributed by atoms with van der Waals surface area (Å²) in [6, 6.07) is 10.7. The van der Waals surface area contributed by atoms with E-state index in [9.17, 15) is 36.9 Å². The average molecular weight is 547 g/mol. The predicted molar refractivity (Wildman–Crippen MR) is 131 cm³/mol. The van der Waals surface area contributed by atoms with Crippen molar-refractivity contribution in [1.82, 2.24) is 0 Å². The van der Waals surface area contributed by atoms with Gasteiger partial charge in [-0.05, 0) is 48.0 Å². The molecule has 1 heterocycles. The molecule has 1 aliphatic heterocycles. The van der Waals surface area contributed by atoms with Gasteiger partial charge in [0.25, 0.3) is 5.91 Å². The van der Waals surface area contributed by atoms with Crippen LogP contribution < -0.4 is 10.1 Å². The maximum Gasteiger partial charge on any atom is 0.312 e. The van der Waals surface area contributed by atoms with Gasteiger partial charge in [0, 0.05) is 23.4 Å². The lowest BCUT2D eigenvalue weighted by atomic mass is 10.1. The minimum Gasteiger partial charge on any atom is -0.419 e. The van der Waals surface area contributed by atoms with Gasteiger partial charge in [-0.25, -0.2) is 17.2 Å². The van der Waals surface area contributed by atoms with E-state index in [0.717, 1.165) is 43.0 Å². The largest absolute Gasteiger partial charge is 0.419 e. The summed E-state index contributed by atoms with van der Waals surface area (Å²) in [5.74, 6) is -4.40. The third-order valence-corrected chi connectivity index (χ3v) is 7.85. The number of benzene rings is 3. The second-order valence-electron chi connectivity index (χ2n) is 7.76. The van der Waals surface area contributed by atoms with E-state index in [4.69, 9.17) is 4.74 Å². The van der Waals surface area contributed by atoms with E-state index in [1.54, 1.807) is 0 Å². The molecular formula is C24H16F2N2O7S2. The van der Waals surface area contributed by atoms with Gasteiger partial charge >= 0.3 is 11.7 Å². The summed E-state index contributed by atoms with van der Waals surface area (Å²) in [6.45, 7) is 1.10. The molecule has 37 heavy (non-hydrogen) atoms. The summed E-state index contributed by atoms with van der Waals surface area (Å²) in [7, 11) is -4.15. The van der Waals surface area contributed by atoms with E-state index in [1.165, 1.54) is 36.4 Å². The van der Waals surface area contributed by atoms with Gasteiger partial charge in [0.1, 0.15) is 11.6 Å². The fraction of sp³-hybridized carbons (Fsp3) is 0.0833. The number of esters is 1. The first-order chi connectivity index (χ1) is 17.4. The van der Waals surface area contributed by atoms with Gasteiger partial charge < -0.3 is 10.1 Å². The number of fused-ring (bicyclic) bond motifs is 1. The molecule has 4 rings (SSSR count). The molecule has 0 bridgehead atoms. The number of hydrogen-bond acceptors (Lipinski definition) is 8. The zero-order valence-corrected chi connectivity index (χ0v) is 20.5. The van der Waals surface area contributed by atoms with Gasteiger partial charge in [0.05, 0.1) is 26.2 Å². The van der Waals surface area contributed by atoms with Gasteiger partial charge in [0.15, 0.2) is 9.84 Å². The molecule has 0 radical (unpaired) electrons. The smallest absolute Gasteiger partial charge is 0.312 e. The molecule has 0 aliphatic carbocycles. The number of halogens is 2. The number of amides is 1. The van der Waals surface area contributed by atoms with E-state index >= 15 is 0 Å². The normalized spacial score (nSPS) is 14.1. The van der Waals surface area contributed by atoms with Crippen LogP contribution in [0, 0.1) is 21.7 Å². The van der Waals surface area contributed by atoms with Gasteiger partial charge in [-0.3, -0.25) is 19.7 Å². The van der Waals surface area contributed by atoms with Crippen molar-refractivity contribution in [3.8, 4) is 5.75 Å². The van der Waals surface area contributed by atoms with Crippen LogP contribution in [0.2, 0.25) is 0 Å². The molecule has 3 aromatic rings. The Morgan fingerprint density at radius 2 is 1.84 bits per heavy atom. The molecule has 13 heteroatoms. The van der Waals surface area contributed by atoms with Gasteiger partial charge in [-0.2, -0.15) is 0 Å². The van der Waals surface area contributed by atoms with Crippen LogP contribution in [0.25, 0.3) is 6.08 Å². The summed E-state index contributed by atoms with van der Waals surface area (Å²) in [4.78, 5) is 34.6. The highest BCUT2D eigenvalue weighted by Gasteiger charge is 2.26. The van der Waals surface area contributed by atoms with Crippen molar-refractivity contribution in [3.05, 3.63) is 92.4 Å². The van der Waals surface area contributed by atoms with Crippen LogP contribution in [-0.2, 0) is 25.2 Å². The Bertz CT molecular complexity index is 1580. The Morgan fingerprint density at radius 3 is 2.49 bits per heavy atom. The SMILES string of the molecule is CC(=O)Oc1ccc(/C=C2\Sc3cc(S(=O)(=O)Cc4c(F)cccc4F)ccc3NC2=O)cc1[N+](=O)[O-]. The predicted octanol–water partition coefficient (Wildman–Crippen LogP) is 4.86. The molecule has 3 aromatic carbocycles. The van der Waals surface area contributed by atoms with Crippen molar-refractivity contribution in [2.45, 2.75) is 22.5 Å². The summed E-state index contributed by atoms with van der Waals surface area (Å²) in [5, 5.41) is 14.0. The van der Waals surface area contributed by atoms with Crippen molar-refractivity contribution in [2.75, 3.05) is 5.32 Å². The van der Waals surface area contributed by atoms with Crippen molar-refractivity contribution < 1.29 is 36.4 Å². The number of nitro groups is 1. The molecule has 0 spiro atoms. The van der Waals surface area contributed by atoms with Crippen LogP contribution in [0.1, 0.15) is 18.1 Å². The Balaban J connectivity index is 1.65. The van der Waals surface area contributed by atoms with Gasteiger partial charge in [-0.15, -0.1) is 0 Å². The zero-order valence-electron chi connectivity index (χ0n) is 18.9. The van der Waals surface area contributed by atoms with Crippen LogP contribution in [0.3, 0.4) is 0 Å². The molecule has 0 saturated heterocycles. The molecular weight excluding hydrogens is 530 g/mol. The molecule has 1 aliphatic rings. The topological polar surface area (TPSA) is 133 Å². The molecule has 0 saturated carbocycles. The number of anilines is 1. The summed E-state index contributed by atoms with van der Waals surface area (Å²) < 4.78 is 58.6. The molecule has 1 amide bonds. The number of thioether (sulfide) groups is 1. The lowest BCUT2D eigenvalue weighted by molar-refractivity contribution is -0.385. The minimum absolute atomic E-state index is 0.0942. The van der Waals surface area contributed by atoms with Gasteiger partial charge in [0.2, 0.25) is 5.75 Å². The van der Waals surface area contributed by atoms with E-state index in [-0.39, 0.29) is 21.1 Å². The number of ether oxygens (including phenoxy) is 1.